The van der Waals surface area contributed by atoms with Crippen molar-refractivity contribution in [2.75, 3.05) is 57.4 Å². The van der Waals surface area contributed by atoms with Gasteiger partial charge in [-0.3, -0.25) is 29.7 Å². The van der Waals surface area contributed by atoms with Crippen LogP contribution < -0.4 is 22.5 Å². The number of nitrogens with two attached hydrogens (primary N) is 3. The number of nitrogens with one attached hydrogen (secondary N) is 1. The number of carboxylic acids is 1. The van der Waals surface area contributed by atoms with Crippen molar-refractivity contribution in [3.05, 3.63) is 70.5 Å². The summed E-state index contributed by atoms with van der Waals surface area (Å²) in [5.41, 5.74) is 20.9. The van der Waals surface area contributed by atoms with Gasteiger partial charge in [0, 0.05) is 19.6 Å². The minimum atomic E-state index is -1.94. The van der Waals surface area contributed by atoms with Gasteiger partial charge in [0.2, 0.25) is 0 Å². The number of amides is 1. The SMILES string of the molecule is CCN(C(O)CCc1ccc(-c2ccc(CCCCN=C(N)NC(=O)c3nc(Cl)c(N)nc3N)cc2)cc1)[C@H](CCCCN(C[C@H](O)[C@@H](O)[C@H](O)[C@H](O)CO)C[C@H](O)[C@@H](O)[C@H](O)[C@H](O)CO)C(=O)O. The summed E-state index contributed by atoms with van der Waals surface area (Å²) >= 11 is 5.84. The van der Waals surface area contributed by atoms with Gasteiger partial charge >= 0.3 is 5.97 Å². The van der Waals surface area contributed by atoms with Crippen LogP contribution in [0.25, 0.3) is 11.1 Å². The number of halogens is 1. The highest BCUT2D eigenvalue weighted by molar-refractivity contribution is 6.31. The number of aromatic nitrogens is 2. The van der Waals surface area contributed by atoms with Gasteiger partial charge in [0.1, 0.15) is 48.9 Å². The van der Waals surface area contributed by atoms with Crippen LogP contribution in [0.15, 0.2) is 53.5 Å². The van der Waals surface area contributed by atoms with Crippen LogP contribution in [0.2, 0.25) is 5.15 Å². The van der Waals surface area contributed by atoms with Crippen molar-refractivity contribution in [3.63, 3.8) is 0 Å². The van der Waals surface area contributed by atoms with E-state index >= 15 is 0 Å². The third-order valence-electron chi connectivity index (χ3n) is 11.6. The van der Waals surface area contributed by atoms with Crippen LogP contribution in [0.1, 0.15) is 67.1 Å². The molecule has 0 saturated heterocycles. The van der Waals surface area contributed by atoms with E-state index in [1.165, 1.54) is 9.80 Å². The van der Waals surface area contributed by atoms with Crippen LogP contribution in [-0.2, 0) is 17.6 Å². The number of unbranched alkanes of at least 4 members (excludes halogenated alkanes) is 2. The van der Waals surface area contributed by atoms with Crippen molar-refractivity contribution in [1.29, 1.82) is 0 Å². The topological polar surface area (TPSA) is 412 Å². The lowest BCUT2D eigenvalue weighted by Crippen LogP contribution is -2.53. The lowest BCUT2D eigenvalue weighted by atomic mass is 9.99. The molecule has 24 heteroatoms. The molecule has 386 valence electrons. The quantitative estimate of drug-likeness (QED) is 0.0136. The van der Waals surface area contributed by atoms with Gasteiger partial charge in [-0.2, -0.15) is 0 Å². The molecule has 1 unspecified atom stereocenters. The van der Waals surface area contributed by atoms with Crippen LogP contribution in [0.3, 0.4) is 0 Å². The number of nitrogens with zero attached hydrogens (tertiary/aromatic N) is 5. The number of anilines is 2. The molecule has 3 rings (SSSR count). The highest BCUT2D eigenvalue weighted by Gasteiger charge is 2.35. The van der Waals surface area contributed by atoms with Crippen molar-refractivity contribution in [1.82, 2.24) is 25.1 Å². The zero-order chi connectivity index (χ0) is 51.4. The predicted octanol–water partition coefficient (Wildman–Crippen LogP) is -2.60. The molecule has 0 spiro atoms. The first-order valence-corrected chi connectivity index (χ1v) is 23.0. The smallest absolute Gasteiger partial charge is 0.320 e. The molecule has 0 bridgehead atoms. The summed E-state index contributed by atoms with van der Waals surface area (Å²) in [5, 5.41) is 123. The van der Waals surface area contributed by atoms with E-state index in [1.54, 1.807) is 6.92 Å². The number of guanidine groups is 1. The second-order valence-corrected chi connectivity index (χ2v) is 17.1. The number of aliphatic imine (C=N–C) groups is 1. The number of rotatable bonds is 31. The fraction of sp³-hybridized carbons (Fsp3) is 0.578. The first kappa shape index (κ1) is 58.6. The van der Waals surface area contributed by atoms with Crippen LogP contribution in [-0.4, -0.2) is 206 Å². The Hall–Kier alpha value is -4.70. The lowest BCUT2D eigenvalue weighted by molar-refractivity contribution is -0.149. The van der Waals surface area contributed by atoms with E-state index in [4.69, 9.17) is 39.0 Å². The van der Waals surface area contributed by atoms with Crippen molar-refractivity contribution in [2.45, 2.75) is 119 Å². The highest BCUT2D eigenvalue weighted by atomic mass is 35.5. The molecule has 69 heavy (non-hydrogen) atoms. The summed E-state index contributed by atoms with van der Waals surface area (Å²) in [4.78, 5) is 39.5. The van der Waals surface area contributed by atoms with Crippen molar-refractivity contribution in [2.24, 2.45) is 10.7 Å². The van der Waals surface area contributed by atoms with E-state index in [-0.39, 0.29) is 67.2 Å². The van der Waals surface area contributed by atoms with Gasteiger partial charge in [0.25, 0.3) is 5.91 Å². The van der Waals surface area contributed by atoms with Crippen molar-refractivity contribution >= 4 is 41.1 Å². The molecule has 1 amide bonds. The van der Waals surface area contributed by atoms with E-state index in [9.17, 15) is 60.7 Å². The number of hydrogen-bond donors (Lipinski definition) is 16. The average Bonchev–Trinajstić information content (AvgIpc) is 3.33. The van der Waals surface area contributed by atoms with Gasteiger partial charge in [-0.1, -0.05) is 73.5 Å². The minimum Gasteiger partial charge on any atom is -0.480 e. The number of aliphatic carboxylic acids is 1. The summed E-state index contributed by atoms with van der Waals surface area (Å²) in [6, 6.07) is 14.9. The number of nitrogen functional groups attached to an aromatic ring is 2. The zero-order valence-electron chi connectivity index (χ0n) is 38.5. The minimum absolute atomic E-state index is 0.0297. The Labute approximate surface area is 405 Å². The summed E-state index contributed by atoms with van der Waals surface area (Å²) in [5.74, 6) is -2.26. The first-order chi connectivity index (χ1) is 32.7. The molecule has 2 aromatic carbocycles. The second-order valence-electron chi connectivity index (χ2n) is 16.8. The first-order valence-electron chi connectivity index (χ1n) is 22.7. The molecule has 0 saturated carbocycles. The Morgan fingerprint density at radius 2 is 1.20 bits per heavy atom. The molecule has 0 aliphatic rings. The van der Waals surface area contributed by atoms with Crippen LogP contribution >= 0.6 is 11.6 Å². The molecule has 0 aliphatic carbocycles. The van der Waals surface area contributed by atoms with E-state index in [2.05, 4.69) is 20.3 Å². The fourth-order valence-corrected chi connectivity index (χ4v) is 7.65. The van der Waals surface area contributed by atoms with Crippen LogP contribution in [0.4, 0.5) is 11.6 Å². The average molecular weight is 997 g/mol. The standard InChI is InChI=1S/C45H70ClN9O14/c1-2-55(29(44(68)69)8-4-6-20-54(21-30(58)36(63)38(65)32(60)23-56)22-31(59)37(64)39(66)33(61)24-57)34(62)18-13-26-11-16-28(17-12-26)27-14-9-25(10-15-27)7-3-5-19-50-45(49)53-43(67)35-41(47)52-42(48)40(46)51-35/h9-12,14-17,29-34,36-39,56-66H,2-8,13,18-24H2,1H3,(H,68,69)(H4,47,48,52)(H3,49,50,53,67)/t29-,30+,31+,32-,33-,34?,36-,37-,38-,39-/m1/s1. The maximum Gasteiger partial charge on any atom is 0.320 e. The molecular formula is C45H70ClN9O14. The Bertz CT molecular complexity index is 2010. The van der Waals surface area contributed by atoms with Gasteiger partial charge < -0.3 is 78.5 Å². The number of carboxylic acid groups (broad SMARTS) is 1. The monoisotopic (exact) mass is 995 g/mol. The molecule has 3 aromatic rings. The number of aliphatic hydroxyl groups excluding tert-OH is 11. The highest BCUT2D eigenvalue weighted by Crippen LogP contribution is 2.23. The number of likely N-dealkylation sites (N-methyl/N-ethyl adjacent to an activating group) is 1. The summed E-state index contributed by atoms with van der Waals surface area (Å²) in [6.45, 7) is -0.359. The molecular weight excluding hydrogens is 926 g/mol. The van der Waals surface area contributed by atoms with Crippen LogP contribution in [0, 0.1) is 0 Å². The number of hydrogen-bond acceptors (Lipinski definition) is 20. The van der Waals surface area contributed by atoms with Crippen molar-refractivity contribution < 1.29 is 70.9 Å². The number of carbonyl (C=O) groups excluding carboxylic acids is 1. The number of aliphatic hydroxyl groups is 11. The normalized spacial score (nSPS) is 16.6. The van der Waals surface area contributed by atoms with E-state index in [0.717, 1.165) is 35.1 Å². The van der Waals surface area contributed by atoms with Gasteiger partial charge in [-0.25, -0.2) is 9.97 Å². The largest absolute Gasteiger partial charge is 0.480 e. The summed E-state index contributed by atoms with van der Waals surface area (Å²) in [6.07, 6.45) is -12.3. The van der Waals surface area contributed by atoms with Gasteiger partial charge in [-0.15, -0.1) is 0 Å². The molecule has 0 fully saturated rings. The third kappa shape index (κ3) is 18.5. The van der Waals surface area contributed by atoms with E-state index < -0.39 is 99.3 Å². The number of benzene rings is 2. The molecule has 1 heterocycles. The van der Waals surface area contributed by atoms with Crippen LogP contribution in [0.5, 0.6) is 0 Å². The van der Waals surface area contributed by atoms with E-state index in [1.807, 2.05) is 48.5 Å². The lowest BCUT2D eigenvalue weighted by Gasteiger charge is -2.34. The maximum atomic E-state index is 12.5. The molecule has 19 N–H and O–H groups in total. The predicted molar refractivity (Wildman–Crippen MR) is 255 cm³/mol. The van der Waals surface area contributed by atoms with Gasteiger partial charge in [-0.05, 0) is 80.3 Å². The summed E-state index contributed by atoms with van der Waals surface area (Å²) in [7, 11) is 0. The van der Waals surface area contributed by atoms with Crippen molar-refractivity contribution in [3.8, 4) is 11.1 Å². The zero-order valence-corrected chi connectivity index (χ0v) is 39.3. The Morgan fingerprint density at radius 1 is 0.696 bits per heavy atom. The maximum absolute atomic E-state index is 12.5. The Kier molecular flexibility index (Phi) is 25.0. The summed E-state index contributed by atoms with van der Waals surface area (Å²) < 4.78 is 0. The molecule has 1 aromatic heterocycles. The van der Waals surface area contributed by atoms with Gasteiger partial charge in [0.05, 0.1) is 25.4 Å². The molecule has 0 radical (unpaired) electrons. The molecule has 10 atom stereocenters. The number of aryl methyl sites for hydroxylation is 2. The van der Waals surface area contributed by atoms with E-state index in [0.29, 0.717) is 19.4 Å². The molecule has 0 aliphatic heterocycles. The number of carbonyl (C=O) groups is 2. The van der Waals surface area contributed by atoms with Gasteiger partial charge in [0.15, 0.2) is 28.4 Å². The Morgan fingerprint density at radius 3 is 1.70 bits per heavy atom. The fourth-order valence-electron chi connectivity index (χ4n) is 7.53. The second kappa shape index (κ2) is 29.5. The Balaban J connectivity index is 1.50. The third-order valence-corrected chi connectivity index (χ3v) is 11.9. The molecule has 23 nitrogen and oxygen atoms in total.